The van der Waals surface area contributed by atoms with Crippen molar-refractivity contribution in [3.63, 3.8) is 0 Å². The van der Waals surface area contributed by atoms with E-state index in [4.69, 9.17) is 17.0 Å². The Bertz CT molecular complexity index is 940. The number of benzene rings is 2. The van der Waals surface area contributed by atoms with Gasteiger partial charge in [-0.15, -0.1) is 0 Å². The van der Waals surface area contributed by atoms with Gasteiger partial charge in [-0.05, 0) is 31.2 Å². The van der Waals surface area contributed by atoms with Crippen LogP contribution in [-0.2, 0) is 0 Å². The number of hydrogen-bond acceptors (Lipinski definition) is 4. The van der Waals surface area contributed by atoms with E-state index in [0.29, 0.717) is 16.9 Å². The maximum Gasteiger partial charge on any atom is 0.275 e. The first kappa shape index (κ1) is 17.6. The lowest BCUT2D eigenvalue weighted by Crippen LogP contribution is -2.15. The smallest absolute Gasteiger partial charge is 0.275 e. The summed E-state index contributed by atoms with van der Waals surface area (Å²) in [6.07, 6.45) is 2.61. The molecule has 0 aliphatic heterocycles. The minimum absolute atomic E-state index is 0.0735. The van der Waals surface area contributed by atoms with E-state index in [-0.39, 0.29) is 10.7 Å². The van der Waals surface area contributed by atoms with Gasteiger partial charge >= 0.3 is 0 Å². The van der Waals surface area contributed by atoms with Crippen LogP contribution in [0.3, 0.4) is 0 Å². The zero-order valence-electron chi connectivity index (χ0n) is 14.1. The summed E-state index contributed by atoms with van der Waals surface area (Å²) in [5, 5.41) is 13.7. The molecule has 0 aliphatic carbocycles. The van der Waals surface area contributed by atoms with Crippen molar-refractivity contribution in [1.29, 1.82) is 5.41 Å². The molecule has 3 N–H and O–H groups in total. The van der Waals surface area contributed by atoms with Gasteiger partial charge in [-0.25, -0.2) is 4.98 Å². The summed E-state index contributed by atoms with van der Waals surface area (Å²) in [5.74, 6) is -0.423. The molecule has 130 valence electrons. The summed E-state index contributed by atoms with van der Waals surface area (Å²) < 4.78 is 0. The molecule has 2 aromatic carbocycles. The molecule has 1 aromatic heterocycles. The van der Waals surface area contributed by atoms with Gasteiger partial charge in [-0.1, -0.05) is 47.5 Å². The third kappa shape index (κ3) is 3.90. The fourth-order valence-electron chi connectivity index (χ4n) is 2.40. The van der Waals surface area contributed by atoms with E-state index >= 15 is 0 Å². The normalized spacial score (nSPS) is 10.2. The Hall–Kier alpha value is -3.18. The van der Waals surface area contributed by atoms with Crippen LogP contribution in [0.15, 0.2) is 60.8 Å². The van der Waals surface area contributed by atoms with Crippen LogP contribution < -0.4 is 10.6 Å². The van der Waals surface area contributed by atoms with Gasteiger partial charge in [0, 0.05) is 23.2 Å². The van der Waals surface area contributed by atoms with Crippen molar-refractivity contribution in [3.8, 4) is 0 Å². The number of anilines is 3. The number of aryl methyl sites for hydroxylation is 1. The van der Waals surface area contributed by atoms with Crippen molar-refractivity contribution in [2.45, 2.75) is 6.92 Å². The number of pyridine rings is 1. The highest BCUT2D eigenvalue weighted by molar-refractivity contribution is 6.37. The Morgan fingerprint density at radius 1 is 1.08 bits per heavy atom. The molecule has 5 nitrogen and oxygen atoms in total. The number of aromatic nitrogens is 1. The molecule has 0 unspecified atom stereocenters. The molecular weight excluding hydrogens is 348 g/mol. The van der Waals surface area contributed by atoms with E-state index in [1.807, 2.05) is 61.5 Å². The summed E-state index contributed by atoms with van der Waals surface area (Å²) in [6, 6.07) is 16.9. The van der Waals surface area contributed by atoms with Crippen molar-refractivity contribution in [3.05, 3.63) is 82.6 Å². The molecule has 0 bridgehead atoms. The summed E-state index contributed by atoms with van der Waals surface area (Å²) in [7, 11) is 0. The third-order valence-electron chi connectivity index (χ3n) is 3.78. The fraction of sp³-hybridized carbons (Fsp3) is 0.0500. The molecule has 6 heteroatoms. The predicted molar refractivity (Wildman–Crippen MR) is 106 cm³/mol. The minimum atomic E-state index is -0.423. The van der Waals surface area contributed by atoms with Crippen LogP contribution in [0.1, 0.15) is 21.6 Å². The number of nitrogens with one attached hydrogen (secondary N) is 3. The van der Waals surface area contributed by atoms with Crippen LogP contribution in [0.25, 0.3) is 0 Å². The topological polar surface area (TPSA) is 77.9 Å². The average Bonchev–Trinajstić information content (AvgIpc) is 2.65. The van der Waals surface area contributed by atoms with Crippen molar-refractivity contribution in [2.75, 3.05) is 10.6 Å². The molecule has 0 aliphatic rings. The van der Waals surface area contributed by atoms with Gasteiger partial charge in [0.25, 0.3) is 5.91 Å². The monoisotopic (exact) mass is 364 g/mol. The molecule has 0 spiro atoms. The van der Waals surface area contributed by atoms with E-state index in [0.717, 1.165) is 17.5 Å². The van der Waals surface area contributed by atoms with Crippen LogP contribution in [0.4, 0.5) is 17.1 Å². The third-order valence-corrected chi connectivity index (χ3v) is 4.16. The number of carbonyl (C=O) groups is 1. The number of para-hydroxylation sites is 1. The largest absolute Gasteiger partial charge is 0.354 e. The highest BCUT2D eigenvalue weighted by atomic mass is 35.5. The lowest BCUT2D eigenvalue weighted by atomic mass is 10.1. The Morgan fingerprint density at radius 3 is 2.42 bits per heavy atom. The molecular formula is C20H17ClN4O. The molecule has 1 heterocycles. The molecule has 26 heavy (non-hydrogen) atoms. The SMILES string of the molecule is Cc1ccc(NC(=O)c2ncc(Nc3ccccc3)c(C=N)c2Cl)cc1. The Labute approximate surface area is 156 Å². The van der Waals surface area contributed by atoms with Crippen LogP contribution in [0, 0.1) is 12.3 Å². The Kier molecular flexibility index (Phi) is 5.29. The maximum absolute atomic E-state index is 12.5. The average molecular weight is 365 g/mol. The zero-order valence-corrected chi connectivity index (χ0v) is 14.8. The first-order valence-electron chi connectivity index (χ1n) is 7.97. The molecule has 0 saturated heterocycles. The van der Waals surface area contributed by atoms with Gasteiger partial charge in [0.05, 0.1) is 16.9 Å². The summed E-state index contributed by atoms with van der Waals surface area (Å²) in [5.41, 5.74) is 3.63. The van der Waals surface area contributed by atoms with Gasteiger partial charge in [0.2, 0.25) is 0 Å². The molecule has 1 amide bonds. The van der Waals surface area contributed by atoms with Gasteiger partial charge in [-0.3, -0.25) is 4.79 Å². The van der Waals surface area contributed by atoms with Crippen molar-refractivity contribution in [1.82, 2.24) is 4.98 Å². The number of carbonyl (C=O) groups excluding carboxylic acids is 1. The van der Waals surface area contributed by atoms with Crippen molar-refractivity contribution < 1.29 is 4.79 Å². The lowest BCUT2D eigenvalue weighted by Gasteiger charge is -2.13. The summed E-state index contributed by atoms with van der Waals surface area (Å²) in [6.45, 7) is 1.97. The highest BCUT2D eigenvalue weighted by Crippen LogP contribution is 2.28. The fourth-order valence-corrected chi connectivity index (χ4v) is 2.70. The molecule has 3 aromatic rings. The second-order valence-electron chi connectivity index (χ2n) is 5.70. The van der Waals surface area contributed by atoms with E-state index < -0.39 is 5.91 Å². The second-order valence-corrected chi connectivity index (χ2v) is 6.08. The van der Waals surface area contributed by atoms with E-state index in [2.05, 4.69) is 15.6 Å². The number of rotatable bonds is 5. The first-order chi connectivity index (χ1) is 12.6. The summed E-state index contributed by atoms with van der Waals surface area (Å²) in [4.78, 5) is 16.7. The molecule has 0 radical (unpaired) electrons. The number of nitrogens with zero attached hydrogens (tertiary/aromatic N) is 1. The van der Waals surface area contributed by atoms with E-state index in [1.54, 1.807) is 0 Å². The molecule has 0 atom stereocenters. The minimum Gasteiger partial charge on any atom is -0.354 e. The summed E-state index contributed by atoms with van der Waals surface area (Å²) >= 11 is 6.35. The van der Waals surface area contributed by atoms with Crippen LogP contribution in [-0.4, -0.2) is 17.1 Å². The quantitative estimate of drug-likeness (QED) is 0.555. The maximum atomic E-state index is 12.5. The van der Waals surface area contributed by atoms with Gasteiger partial charge < -0.3 is 16.0 Å². The number of hydrogen-bond donors (Lipinski definition) is 3. The standard InChI is InChI=1S/C20H17ClN4O/c1-13-7-9-15(10-8-13)25-20(26)19-18(21)16(11-22)17(12-23-19)24-14-5-3-2-4-6-14/h2-12,22,24H,1H3,(H,25,26). The van der Waals surface area contributed by atoms with Gasteiger partial charge in [0.15, 0.2) is 0 Å². The first-order valence-corrected chi connectivity index (χ1v) is 8.35. The van der Waals surface area contributed by atoms with Crippen LogP contribution >= 0.6 is 11.6 Å². The lowest BCUT2D eigenvalue weighted by molar-refractivity contribution is 0.102. The predicted octanol–water partition coefficient (Wildman–Crippen LogP) is 5.04. The zero-order chi connectivity index (χ0) is 18.5. The Morgan fingerprint density at radius 2 is 1.77 bits per heavy atom. The second kappa shape index (κ2) is 7.80. The van der Waals surface area contributed by atoms with E-state index in [1.165, 1.54) is 6.20 Å². The molecule has 3 rings (SSSR count). The highest BCUT2D eigenvalue weighted by Gasteiger charge is 2.18. The Balaban J connectivity index is 1.87. The van der Waals surface area contributed by atoms with Gasteiger partial charge in [-0.2, -0.15) is 0 Å². The van der Waals surface area contributed by atoms with Gasteiger partial charge in [0.1, 0.15) is 5.69 Å². The van der Waals surface area contributed by atoms with E-state index in [9.17, 15) is 4.79 Å². The number of halogens is 1. The van der Waals surface area contributed by atoms with Crippen molar-refractivity contribution >= 4 is 40.8 Å². The molecule has 0 fully saturated rings. The van der Waals surface area contributed by atoms with Crippen LogP contribution in [0.5, 0.6) is 0 Å². The van der Waals surface area contributed by atoms with Crippen molar-refractivity contribution in [2.24, 2.45) is 0 Å². The van der Waals surface area contributed by atoms with Crippen LogP contribution in [0.2, 0.25) is 5.02 Å². The molecule has 0 saturated carbocycles. The number of amides is 1.